The maximum atomic E-state index is 12.3. The third-order valence-corrected chi connectivity index (χ3v) is 4.88. The highest BCUT2D eigenvalue weighted by molar-refractivity contribution is 9.11. The van der Waals surface area contributed by atoms with Gasteiger partial charge in [0.2, 0.25) is 5.91 Å². The summed E-state index contributed by atoms with van der Waals surface area (Å²) < 4.78 is 1.81. The summed E-state index contributed by atoms with van der Waals surface area (Å²) >= 11 is 6.83. The maximum absolute atomic E-state index is 12.3. The molecule has 1 saturated carbocycles. The standard InChI is InChI=1S/C18H17Br2N3O2/c19-11-5-8-16(14(20)9-11)21-10-17(24)23-15-4-2-1-3-13(15)18(25)22-12-6-7-12/h1-5,8-9,12,21H,6-7,10H2,(H,22,25)(H,23,24). The Bertz CT molecular complexity index is 807. The average molecular weight is 467 g/mol. The predicted molar refractivity (Wildman–Crippen MR) is 106 cm³/mol. The Balaban J connectivity index is 1.61. The van der Waals surface area contributed by atoms with E-state index in [-0.39, 0.29) is 24.4 Å². The number of anilines is 2. The number of carbonyl (C=O) groups excluding carboxylic acids is 2. The van der Waals surface area contributed by atoms with Crippen LogP contribution in [-0.4, -0.2) is 24.4 Å². The Kier molecular flexibility index (Phi) is 5.75. The van der Waals surface area contributed by atoms with Crippen LogP contribution >= 0.6 is 31.9 Å². The number of para-hydroxylation sites is 1. The van der Waals surface area contributed by atoms with E-state index in [0.717, 1.165) is 27.5 Å². The summed E-state index contributed by atoms with van der Waals surface area (Å²) in [5.74, 6) is -0.372. The molecule has 0 saturated heterocycles. The molecule has 7 heteroatoms. The highest BCUT2D eigenvalue weighted by Crippen LogP contribution is 2.26. The Morgan fingerprint density at radius 1 is 1.04 bits per heavy atom. The van der Waals surface area contributed by atoms with Crippen molar-refractivity contribution in [1.29, 1.82) is 0 Å². The van der Waals surface area contributed by atoms with Gasteiger partial charge in [-0.3, -0.25) is 9.59 Å². The van der Waals surface area contributed by atoms with Crippen molar-refractivity contribution in [3.05, 3.63) is 57.0 Å². The van der Waals surface area contributed by atoms with E-state index in [1.54, 1.807) is 24.3 Å². The van der Waals surface area contributed by atoms with Gasteiger partial charge in [0.25, 0.3) is 5.91 Å². The first kappa shape index (κ1) is 17.9. The van der Waals surface area contributed by atoms with E-state index in [0.29, 0.717) is 11.3 Å². The number of amides is 2. The van der Waals surface area contributed by atoms with Crippen LogP contribution in [0.1, 0.15) is 23.2 Å². The van der Waals surface area contributed by atoms with Crippen molar-refractivity contribution in [3.63, 3.8) is 0 Å². The number of carbonyl (C=O) groups is 2. The van der Waals surface area contributed by atoms with Crippen LogP contribution in [0, 0.1) is 0 Å². The van der Waals surface area contributed by atoms with Crippen molar-refractivity contribution in [3.8, 4) is 0 Å². The molecule has 0 unspecified atom stereocenters. The van der Waals surface area contributed by atoms with Crippen molar-refractivity contribution in [2.24, 2.45) is 0 Å². The van der Waals surface area contributed by atoms with E-state index < -0.39 is 0 Å². The third-order valence-electron chi connectivity index (χ3n) is 3.73. The normalized spacial score (nSPS) is 13.2. The van der Waals surface area contributed by atoms with Gasteiger partial charge in [-0.2, -0.15) is 0 Å². The van der Waals surface area contributed by atoms with Crippen molar-refractivity contribution < 1.29 is 9.59 Å². The lowest BCUT2D eigenvalue weighted by molar-refractivity contribution is -0.114. The molecule has 0 radical (unpaired) electrons. The van der Waals surface area contributed by atoms with Gasteiger partial charge in [-0.25, -0.2) is 0 Å². The molecule has 2 aromatic carbocycles. The summed E-state index contributed by atoms with van der Waals surface area (Å²) in [6.07, 6.45) is 2.04. The zero-order valence-corrected chi connectivity index (χ0v) is 16.5. The first-order valence-corrected chi connectivity index (χ1v) is 9.50. The molecule has 0 atom stereocenters. The molecule has 3 N–H and O–H groups in total. The van der Waals surface area contributed by atoms with Crippen molar-refractivity contribution in [1.82, 2.24) is 5.32 Å². The van der Waals surface area contributed by atoms with E-state index in [1.165, 1.54) is 0 Å². The zero-order chi connectivity index (χ0) is 17.8. The van der Waals surface area contributed by atoms with E-state index in [4.69, 9.17) is 0 Å². The molecule has 5 nitrogen and oxygen atoms in total. The molecule has 0 bridgehead atoms. The molecule has 2 amide bonds. The van der Waals surface area contributed by atoms with Gasteiger partial charge in [0.1, 0.15) is 0 Å². The van der Waals surface area contributed by atoms with Gasteiger partial charge in [0.15, 0.2) is 0 Å². The second kappa shape index (κ2) is 8.01. The largest absolute Gasteiger partial charge is 0.375 e. The maximum Gasteiger partial charge on any atom is 0.253 e. The van der Waals surface area contributed by atoms with Crippen molar-refractivity contribution >= 4 is 55.0 Å². The minimum absolute atomic E-state index is 0.0960. The summed E-state index contributed by atoms with van der Waals surface area (Å²) in [5.41, 5.74) is 1.81. The molecule has 3 rings (SSSR count). The van der Waals surface area contributed by atoms with E-state index in [9.17, 15) is 9.59 Å². The molecule has 1 aliphatic rings. The third kappa shape index (κ3) is 5.06. The number of halogens is 2. The molecular formula is C18H17Br2N3O2. The van der Waals surface area contributed by atoms with Crippen LogP contribution in [0.3, 0.4) is 0 Å². The smallest absolute Gasteiger partial charge is 0.253 e. The molecule has 1 aliphatic carbocycles. The van der Waals surface area contributed by atoms with Crippen LogP contribution < -0.4 is 16.0 Å². The molecule has 0 aromatic heterocycles. The molecule has 0 heterocycles. The van der Waals surface area contributed by atoms with Gasteiger partial charge < -0.3 is 16.0 Å². The van der Waals surface area contributed by atoms with E-state index in [2.05, 4.69) is 47.8 Å². The minimum atomic E-state index is -0.221. The van der Waals surface area contributed by atoms with Gasteiger partial charge in [0, 0.05) is 20.7 Å². The number of hydrogen-bond acceptors (Lipinski definition) is 3. The molecule has 0 aliphatic heterocycles. The van der Waals surface area contributed by atoms with Gasteiger partial charge in [-0.05, 0) is 59.1 Å². The Hall–Kier alpha value is -1.86. The van der Waals surface area contributed by atoms with Gasteiger partial charge >= 0.3 is 0 Å². The lowest BCUT2D eigenvalue weighted by Crippen LogP contribution is -2.28. The highest BCUT2D eigenvalue weighted by atomic mass is 79.9. The van der Waals surface area contributed by atoms with Crippen LogP contribution in [-0.2, 0) is 4.79 Å². The number of nitrogens with one attached hydrogen (secondary N) is 3. The number of rotatable bonds is 6. The van der Waals surface area contributed by atoms with Crippen LogP contribution in [0.25, 0.3) is 0 Å². The van der Waals surface area contributed by atoms with Gasteiger partial charge in [-0.1, -0.05) is 28.1 Å². The Morgan fingerprint density at radius 2 is 1.80 bits per heavy atom. The summed E-state index contributed by atoms with van der Waals surface area (Å²) in [5, 5.41) is 8.81. The number of benzene rings is 2. The van der Waals surface area contributed by atoms with Crippen LogP contribution in [0.4, 0.5) is 11.4 Å². The number of hydrogen-bond donors (Lipinski definition) is 3. The van der Waals surface area contributed by atoms with E-state index in [1.807, 2.05) is 18.2 Å². The summed E-state index contributed by atoms with van der Waals surface area (Å²) in [6, 6.07) is 13.0. The Labute approximate surface area is 162 Å². The highest BCUT2D eigenvalue weighted by Gasteiger charge is 2.24. The molecule has 1 fully saturated rings. The van der Waals surface area contributed by atoms with Crippen LogP contribution in [0.5, 0.6) is 0 Å². The summed E-state index contributed by atoms with van der Waals surface area (Å²) in [6.45, 7) is 0.0960. The first-order chi connectivity index (χ1) is 12.0. The molecule has 130 valence electrons. The van der Waals surface area contributed by atoms with Crippen LogP contribution in [0.15, 0.2) is 51.4 Å². The fourth-order valence-electron chi connectivity index (χ4n) is 2.28. The van der Waals surface area contributed by atoms with Crippen LogP contribution in [0.2, 0.25) is 0 Å². The zero-order valence-electron chi connectivity index (χ0n) is 13.3. The predicted octanol–water partition coefficient (Wildman–Crippen LogP) is 4.15. The second-order valence-electron chi connectivity index (χ2n) is 5.82. The first-order valence-electron chi connectivity index (χ1n) is 7.91. The molecule has 25 heavy (non-hydrogen) atoms. The molecule has 0 spiro atoms. The topological polar surface area (TPSA) is 70.2 Å². The second-order valence-corrected chi connectivity index (χ2v) is 7.59. The lowest BCUT2D eigenvalue weighted by atomic mass is 10.1. The average Bonchev–Trinajstić information content (AvgIpc) is 3.38. The fraction of sp³-hybridized carbons (Fsp3) is 0.222. The van der Waals surface area contributed by atoms with Crippen molar-refractivity contribution in [2.45, 2.75) is 18.9 Å². The monoisotopic (exact) mass is 465 g/mol. The summed E-state index contributed by atoms with van der Waals surface area (Å²) in [4.78, 5) is 24.5. The SMILES string of the molecule is O=C(CNc1ccc(Br)cc1Br)Nc1ccccc1C(=O)NC1CC1. The van der Waals surface area contributed by atoms with Crippen molar-refractivity contribution in [2.75, 3.05) is 17.2 Å². The Morgan fingerprint density at radius 3 is 2.52 bits per heavy atom. The quantitative estimate of drug-likeness (QED) is 0.598. The van der Waals surface area contributed by atoms with E-state index >= 15 is 0 Å². The summed E-state index contributed by atoms with van der Waals surface area (Å²) in [7, 11) is 0. The lowest BCUT2D eigenvalue weighted by Gasteiger charge is -2.12. The molecule has 2 aromatic rings. The van der Waals surface area contributed by atoms with Gasteiger partial charge in [0.05, 0.1) is 17.8 Å². The van der Waals surface area contributed by atoms with Gasteiger partial charge in [-0.15, -0.1) is 0 Å². The minimum Gasteiger partial charge on any atom is -0.375 e. The molecular weight excluding hydrogens is 450 g/mol. The fourth-order valence-corrected chi connectivity index (χ4v) is 3.47.